The second-order valence-corrected chi connectivity index (χ2v) is 5.44. The minimum Gasteiger partial charge on any atom is -0.465 e. The van der Waals surface area contributed by atoms with Gasteiger partial charge in [-0.2, -0.15) is 0 Å². The molecule has 0 bridgehead atoms. The van der Waals surface area contributed by atoms with Crippen molar-refractivity contribution in [3.05, 3.63) is 0 Å². The summed E-state index contributed by atoms with van der Waals surface area (Å²) in [5.74, 6) is -0.136. The van der Waals surface area contributed by atoms with E-state index in [1.165, 1.54) is 0 Å². The molecule has 112 valence electrons. The maximum atomic E-state index is 11.9. The average molecular weight is 271 g/mol. The largest absolute Gasteiger partial charge is 0.465 e. The molecule has 0 amide bonds. The maximum absolute atomic E-state index is 11.9. The molecule has 0 saturated carbocycles. The van der Waals surface area contributed by atoms with Gasteiger partial charge in [0, 0.05) is 31.7 Å². The van der Waals surface area contributed by atoms with E-state index in [1.54, 1.807) is 0 Å². The van der Waals surface area contributed by atoms with Crippen LogP contribution in [0, 0.1) is 0 Å². The molecular formula is C14H29N3O2. The van der Waals surface area contributed by atoms with Crippen molar-refractivity contribution in [2.75, 3.05) is 39.8 Å². The van der Waals surface area contributed by atoms with Crippen LogP contribution in [0.3, 0.4) is 0 Å². The second kappa shape index (κ2) is 7.82. The van der Waals surface area contributed by atoms with Crippen LogP contribution < -0.4 is 5.32 Å². The number of hydrogen-bond acceptors (Lipinski definition) is 5. The quantitative estimate of drug-likeness (QED) is 0.715. The van der Waals surface area contributed by atoms with Gasteiger partial charge in [0.1, 0.15) is 6.04 Å². The molecule has 5 nitrogen and oxygen atoms in total. The zero-order valence-corrected chi connectivity index (χ0v) is 13.0. The number of piperazine rings is 1. The van der Waals surface area contributed by atoms with E-state index in [0.29, 0.717) is 18.7 Å². The van der Waals surface area contributed by atoms with Crippen molar-refractivity contribution in [1.82, 2.24) is 15.1 Å². The Morgan fingerprint density at radius 2 is 1.89 bits per heavy atom. The summed E-state index contributed by atoms with van der Waals surface area (Å²) in [4.78, 5) is 16.7. The Balaban J connectivity index is 2.56. The monoisotopic (exact) mass is 271 g/mol. The van der Waals surface area contributed by atoms with Gasteiger partial charge >= 0.3 is 5.97 Å². The summed E-state index contributed by atoms with van der Waals surface area (Å²) in [6, 6.07) is 0.828. The first kappa shape index (κ1) is 16.4. The van der Waals surface area contributed by atoms with Crippen LogP contribution in [0.5, 0.6) is 0 Å². The molecule has 3 atom stereocenters. The van der Waals surface area contributed by atoms with Gasteiger partial charge in [0.05, 0.1) is 6.61 Å². The summed E-state index contributed by atoms with van der Waals surface area (Å²) < 4.78 is 5.13. The van der Waals surface area contributed by atoms with Crippen molar-refractivity contribution in [1.29, 1.82) is 0 Å². The van der Waals surface area contributed by atoms with Crippen LogP contribution in [-0.4, -0.2) is 73.7 Å². The Bertz CT molecular complexity index is 274. The molecular weight excluding hydrogens is 242 g/mol. The fourth-order valence-corrected chi connectivity index (χ4v) is 2.63. The highest BCUT2D eigenvalue weighted by Crippen LogP contribution is 2.13. The van der Waals surface area contributed by atoms with E-state index < -0.39 is 0 Å². The molecule has 0 radical (unpaired) electrons. The van der Waals surface area contributed by atoms with Gasteiger partial charge in [0.15, 0.2) is 0 Å². The van der Waals surface area contributed by atoms with E-state index in [0.717, 1.165) is 26.2 Å². The predicted octanol–water partition coefficient (Wildman–Crippen LogP) is 0.552. The van der Waals surface area contributed by atoms with Gasteiger partial charge in [-0.15, -0.1) is 0 Å². The van der Waals surface area contributed by atoms with Crippen molar-refractivity contribution < 1.29 is 9.53 Å². The van der Waals surface area contributed by atoms with Crippen LogP contribution in [-0.2, 0) is 9.53 Å². The SMILES string of the molecule is CCNC(CN1CC(C)N(C)C(C)C1)C(=O)OCC. The van der Waals surface area contributed by atoms with Gasteiger partial charge in [0.25, 0.3) is 0 Å². The molecule has 1 aliphatic heterocycles. The fraction of sp³-hybridized carbons (Fsp3) is 0.929. The molecule has 1 fully saturated rings. The van der Waals surface area contributed by atoms with Crippen molar-refractivity contribution in [3.63, 3.8) is 0 Å². The first-order valence-electron chi connectivity index (χ1n) is 7.33. The summed E-state index contributed by atoms with van der Waals surface area (Å²) in [6.45, 7) is 12.3. The topological polar surface area (TPSA) is 44.8 Å². The molecule has 0 aromatic heterocycles. The standard InChI is InChI=1S/C14H29N3O2/c1-6-15-13(14(18)19-7-2)10-17-8-11(3)16(5)12(4)9-17/h11-13,15H,6-10H2,1-5H3. The lowest BCUT2D eigenvalue weighted by Crippen LogP contribution is -2.58. The molecule has 1 N–H and O–H groups in total. The number of nitrogens with zero attached hydrogens (tertiary/aromatic N) is 2. The number of likely N-dealkylation sites (N-methyl/N-ethyl adjacent to an activating group) is 2. The third kappa shape index (κ3) is 4.75. The van der Waals surface area contributed by atoms with Crippen LogP contribution in [0.1, 0.15) is 27.7 Å². The van der Waals surface area contributed by atoms with Crippen molar-refractivity contribution in [2.24, 2.45) is 0 Å². The first-order chi connectivity index (χ1) is 8.99. The molecule has 1 rings (SSSR count). The van der Waals surface area contributed by atoms with Gasteiger partial charge in [0.2, 0.25) is 0 Å². The number of esters is 1. The zero-order valence-electron chi connectivity index (χ0n) is 13.0. The van der Waals surface area contributed by atoms with Crippen LogP contribution in [0.25, 0.3) is 0 Å². The van der Waals surface area contributed by atoms with Gasteiger partial charge in [-0.25, -0.2) is 0 Å². The molecule has 5 heteroatoms. The number of nitrogens with one attached hydrogen (secondary N) is 1. The Kier molecular flexibility index (Phi) is 6.75. The number of carbonyl (C=O) groups excluding carboxylic acids is 1. The van der Waals surface area contributed by atoms with Crippen molar-refractivity contribution in [3.8, 4) is 0 Å². The Hall–Kier alpha value is -0.650. The molecule has 0 aromatic rings. The molecule has 19 heavy (non-hydrogen) atoms. The van der Waals surface area contributed by atoms with Crippen LogP contribution >= 0.6 is 0 Å². The Morgan fingerprint density at radius 3 is 2.37 bits per heavy atom. The van der Waals surface area contributed by atoms with Crippen LogP contribution in [0.2, 0.25) is 0 Å². The third-order valence-electron chi connectivity index (χ3n) is 3.90. The number of ether oxygens (including phenoxy) is 1. The molecule has 3 unspecified atom stereocenters. The van der Waals surface area contributed by atoms with E-state index in [2.05, 4.69) is 36.0 Å². The minimum absolute atomic E-state index is 0.136. The molecule has 0 spiro atoms. The van der Waals surface area contributed by atoms with Gasteiger partial charge in [-0.05, 0) is 34.4 Å². The second-order valence-electron chi connectivity index (χ2n) is 5.44. The normalized spacial score (nSPS) is 27.2. The average Bonchev–Trinajstić information content (AvgIpc) is 2.35. The number of rotatable bonds is 6. The summed E-state index contributed by atoms with van der Waals surface area (Å²) in [7, 11) is 2.17. The van der Waals surface area contributed by atoms with E-state index in [4.69, 9.17) is 4.74 Å². The van der Waals surface area contributed by atoms with Crippen molar-refractivity contribution >= 4 is 5.97 Å². The van der Waals surface area contributed by atoms with E-state index in [1.807, 2.05) is 13.8 Å². The Labute approximate surface area is 117 Å². The fourth-order valence-electron chi connectivity index (χ4n) is 2.63. The van der Waals surface area contributed by atoms with Gasteiger partial charge in [-0.1, -0.05) is 6.92 Å². The lowest BCUT2D eigenvalue weighted by Gasteiger charge is -2.43. The summed E-state index contributed by atoms with van der Waals surface area (Å²) >= 11 is 0. The summed E-state index contributed by atoms with van der Waals surface area (Å²) in [5.41, 5.74) is 0. The number of hydrogen-bond donors (Lipinski definition) is 1. The highest BCUT2D eigenvalue weighted by Gasteiger charge is 2.29. The number of carbonyl (C=O) groups is 1. The predicted molar refractivity (Wildman–Crippen MR) is 77.2 cm³/mol. The maximum Gasteiger partial charge on any atom is 0.324 e. The third-order valence-corrected chi connectivity index (χ3v) is 3.90. The molecule has 1 saturated heterocycles. The van der Waals surface area contributed by atoms with E-state index >= 15 is 0 Å². The zero-order chi connectivity index (χ0) is 14.4. The van der Waals surface area contributed by atoms with Crippen molar-refractivity contribution in [2.45, 2.75) is 45.8 Å². The molecule has 0 aliphatic carbocycles. The minimum atomic E-state index is -0.215. The Morgan fingerprint density at radius 1 is 1.32 bits per heavy atom. The van der Waals surface area contributed by atoms with Crippen LogP contribution in [0.4, 0.5) is 0 Å². The molecule has 1 aliphatic rings. The lowest BCUT2D eigenvalue weighted by molar-refractivity contribution is -0.146. The highest BCUT2D eigenvalue weighted by atomic mass is 16.5. The smallest absolute Gasteiger partial charge is 0.324 e. The van der Waals surface area contributed by atoms with Crippen LogP contribution in [0.15, 0.2) is 0 Å². The highest BCUT2D eigenvalue weighted by molar-refractivity contribution is 5.76. The van der Waals surface area contributed by atoms with E-state index in [9.17, 15) is 4.79 Å². The summed E-state index contributed by atoms with van der Waals surface area (Å²) in [5, 5.41) is 3.23. The van der Waals surface area contributed by atoms with E-state index in [-0.39, 0.29) is 12.0 Å². The molecule has 0 aromatic carbocycles. The van der Waals surface area contributed by atoms with Gasteiger partial charge in [-0.3, -0.25) is 14.6 Å². The van der Waals surface area contributed by atoms with Gasteiger partial charge < -0.3 is 10.1 Å². The first-order valence-corrected chi connectivity index (χ1v) is 7.33. The molecule has 1 heterocycles. The lowest BCUT2D eigenvalue weighted by atomic mass is 10.1. The summed E-state index contributed by atoms with van der Waals surface area (Å²) in [6.07, 6.45) is 0.